The molecule has 1 saturated carbocycles. The average Bonchev–Trinajstić information content (AvgIpc) is 3.01. The molecule has 4 atom stereocenters. The van der Waals surface area contributed by atoms with Crippen molar-refractivity contribution < 1.29 is 9.57 Å². The molecule has 2 heterocycles. The third-order valence-corrected chi connectivity index (χ3v) is 5.48. The van der Waals surface area contributed by atoms with Gasteiger partial charge in [0.05, 0.1) is 0 Å². The van der Waals surface area contributed by atoms with Crippen LogP contribution in [0.1, 0.15) is 45.4 Å². The van der Waals surface area contributed by atoms with E-state index in [0.717, 1.165) is 25.3 Å². The van der Waals surface area contributed by atoms with Crippen LogP contribution in [-0.2, 0) is 9.57 Å². The Morgan fingerprint density at radius 2 is 1.95 bits per heavy atom. The second kappa shape index (κ2) is 7.18. The molecule has 0 bridgehead atoms. The Kier molecular flexibility index (Phi) is 5.24. The van der Waals surface area contributed by atoms with E-state index >= 15 is 0 Å². The van der Waals surface area contributed by atoms with E-state index in [2.05, 4.69) is 36.0 Å². The third-order valence-electron chi connectivity index (χ3n) is 5.48. The lowest BCUT2D eigenvalue weighted by Crippen LogP contribution is -2.46. The van der Waals surface area contributed by atoms with E-state index in [1.165, 1.54) is 38.8 Å². The lowest BCUT2D eigenvalue weighted by Gasteiger charge is -2.35. The van der Waals surface area contributed by atoms with Crippen LogP contribution >= 0.6 is 0 Å². The van der Waals surface area contributed by atoms with Gasteiger partial charge in [-0.15, -0.1) is 0 Å². The minimum atomic E-state index is 0.0525. The van der Waals surface area contributed by atoms with Gasteiger partial charge < -0.3 is 14.5 Å². The van der Waals surface area contributed by atoms with Crippen LogP contribution in [0, 0.1) is 5.92 Å². The van der Waals surface area contributed by atoms with Crippen molar-refractivity contribution in [2.75, 3.05) is 33.7 Å². The van der Waals surface area contributed by atoms with Crippen LogP contribution in [0.25, 0.3) is 0 Å². The summed E-state index contributed by atoms with van der Waals surface area (Å²) in [5, 5.41) is 4.29. The normalized spacial score (nSPS) is 36.8. The fourth-order valence-corrected chi connectivity index (χ4v) is 3.88. The molecule has 0 aromatic rings. The van der Waals surface area contributed by atoms with Gasteiger partial charge in [-0.3, -0.25) is 4.90 Å². The van der Waals surface area contributed by atoms with Crippen molar-refractivity contribution >= 4 is 5.90 Å². The largest absolute Gasteiger partial charge is 0.470 e. The zero-order valence-corrected chi connectivity index (χ0v) is 14.3. The van der Waals surface area contributed by atoms with Crippen LogP contribution in [0.15, 0.2) is 5.16 Å². The van der Waals surface area contributed by atoms with Gasteiger partial charge in [0.25, 0.3) is 0 Å². The van der Waals surface area contributed by atoms with Crippen molar-refractivity contribution in [3.8, 4) is 0 Å². The lowest BCUT2D eigenvalue weighted by molar-refractivity contribution is -0.0677. The number of nitrogens with zero attached hydrogens (tertiary/aromatic N) is 3. The highest BCUT2D eigenvalue weighted by Crippen LogP contribution is 2.32. The Labute approximate surface area is 134 Å². The Morgan fingerprint density at radius 1 is 1.18 bits per heavy atom. The van der Waals surface area contributed by atoms with E-state index in [-0.39, 0.29) is 12.2 Å². The quantitative estimate of drug-likeness (QED) is 0.799. The number of likely N-dealkylation sites (tertiary alicyclic amines) is 1. The van der Waals surface area contributed by atoms with Crippen LogP contribution in [0.5, 0.6) is 0 Å². The van der Waals surface area contributed by atoms with Crippen molar-refractivity contribution in [2.24, 2.45) is 11.1 Å². The SMILES string of the molecule is CC1ON=C(C2CCC(N(C)C)C2)OC1CN1CCCCC1. The van der Waals surface area contributed by atoms with E-state index < -0.39 is 0 Å². The van der Waals surface area contributed by atoms with Crippen LogP contribution in [-0.4, -0.2) is 67.7 Å². The van der Waals surface area contributed by atoms with Gasteiger partial charge in [0.1, 0.15) is 0 Å². The Balaban J connectivity index is 1.55. The molecule has 1 aliphatic carbocycles. The molecule has 2 fully saturated rings. The Bertz CT molecular complexity index is 393. The summed E-state index contributed by atoms with van der Waals surface area (Å²) in [6.45, 7) is 5.45. The molecule has 0 N–H and O–H groups in total. The van der Waals surface area contributed by atoms with Crippen LogP contribution < -0.4 is 0 Å². The molecule has 5 nitrogen and oxygen atoms in total. The molecule has 1 saturated heterocycles. The molecule has 2 aliphatic heterocycles. The second-order valence-corrected chi connectivity index (χ2v) is 7.39. The van der Waals surface area contributed by atoms with Crippen molar-refractivity contribution in [3.05, 3.63) is 0 Å². The smallest absolute Gasteiger partial charge is 0.229 e. The molecule has 5 heteroatoms. The fraction of sp³-hybridized carbons (Fsp3) is 0.941. The predicted molar refractivity (Wildman–Crippen MR) is 88.0 cm³/mol. The topological polar surface area (TPSA) is 37.3 Å². The summed E-state index contributed by atoms with van der Waals surface area (Å²) in [5.74, 6) is 1.29. The van der Waals surface area contributed by atoms with Gasteiger partial charge in [0.15, 0.2) is 12.2 Å². The van der Waals surface area contributed by atoms with Gasteiger partial charge in [0, 0.05) is 18.5 Å². The highest BCUT2D eigenvalue weighted by atomic mass is 16.7. The first-order chi connectivity index (χ1) is 10.6. The van der Waals surface area contributed by atoms with Crippen molar-refractivity contribution in [1.82, 2.24) is 9.80 Å². The van der Waals surface area contributed by atoms with Gasteiger partial charge in [-0.1, -0.05) is 11.6 Å². The number of hydrogen-bond acceptors (Lipinski definition) is 5. The highest BCUT2D eigenvalue weighted by molar-refractivity contribution is 5.79. The maximum atomic E-state index is 6.28. The molecule has 0 aromatic heterocycles. The van der Waals surface area contributed by atoms with E-state index in [1.54, 1.807) is 0 Å². The Hall–Kier alpha value is -0.810. The van der Waals surface area contributed by atoms with Crippen LogP contribution in [0.4, 0.5) is 0 Å². The monoisotopic (exact) mass is 309 g/mol. The maximum Gasteiger partial charge on any atom is 0.229 e. The number of rotatable bonds is 4. The number of ether oxygens (including phenoxy) is 1. The number of oxime groups is 1. The molecule has 22 heavy (non-hydrogen) atoms. The molecule has 0 spiro atoms. The lowest BCUT2D eigenvalue weighted by atomic mass is 10.1. The summed E-state index contributed by atoms with van der Waals surface area (Å²) >= 11 is 0. The zero-order valence-electron chi connectivity index (χ0n) is 14.3. The van der Waals surface area contributed by atoms with Gasteiger partial charge >= 0.3 is 0 Å². The number of piperidine rings is 1. The molecular weight excluding hydrogens is 278 g/mol. The summed E-state index contributed by atoms with van der Waals surface area (Å²) in [4.78, 5) is 10.5. The first kappa shape index (κ1) is 16.1. The van der Waals surface area contributed by atoms with Crippen molar-refractivity contribution in [2.45, 2.75) is 63.7 Å². The van der Waals surface area contributed by atoms with Gasteiger partial charge in [-0.2, -0.15) is 0 Å². The van der Waals surface area contributed by atoms with Crippen molar-refractivity contribution in [1.29, 1.82) is 0 Å². The summed E-state index contributed by atoms with van der Waals surface area (Å²) in [6, 6.07) is 0.649. The molecule has 0 aromatic carbocycles. The van der Waals surface area contributed by atoms with Gasteiger partial charge in [-0.05, 0) is 66.2 Å². The summed E-state index contributed by atoms with van der Waals surface area (Å²) in [7, 11) is 4.32. The molecule has 3 rings (SSSR count). The molecule has 3 aliphatic rings. The first-order valence-corrected chi connectivity index (χ1v) is 8.92. The van der Waals surface area contributed by atoms with Crippen LogP contribution in [0.3, 0.4) is 0 Å². The molecular formula is C17H31N3O2. The summed E-state index contributed by atoms with van der Waals surface area (Å²) in [6.07, 6.45) is 7.71. The maximum absolute atomic E-state index is 6.28. The van der Waals surface area contributed by atoms with E-state index in [0.29, 0.717) is 12.0 Å². The Morgan fingerprint density at radius 3 is 2.64 bits per heavy atom. The summed E-state index contributed by atoms with van der Waals surface area (Å²) in [5.41, 5.74) is 0. The molecule has 4 unspecified atom stereocenters. The van der Waals surface area contributed by atoms with E-state index in [4.69, 9.17) is 9.57 Å². The third kappa shape index (κ3) is 3.74. The second-order valence-electron chi connectivity index (χ2n) is 7.39. The standard InChI is InChI=1S/C17H31N3O2/c1-13-16(12-20-9-5-4-6-10-20)21-17(18-22-13)14-7-8-15(11-14)19(2)3/h13-16H,4-12H2,1-3H3. The predicted octanol–water partition coefficient (Wildman–Crippen LogP) is 2.32. The van der Waals surface area contributed by atoms with Crippen LogP contribution in [0.2, 0.25) is 0 Å². The zero-order chi connectivity index (χ0) is 15.5. The van der Waals surface area contributed by atoms with Gasteiger partial charge in [0.2, 0.25) is 5.90 Å². The molecule has 0 radical (unpaired) electrons. The minimum Gasteiger partial charge on any atom is -0.470 e. The average molecular weight is 309 g/mol. The number of hydrogen-bond donors (Lipinski definition) is 0. The van der Waals surface area contributed by atoms with Crippen molar-refractivity contribution in [3.63, 3.8) is 0 Å². The molecule has 126 valence electrons. The van der Waals surface area contributed by atoms with E-state index in [1.807, 2.05) is 0 Å². The van der Waals surface area contributed by atoms with E-state index in [9.17, 15) is 0 Å². The summed E-state index contributed by atoms with van der Waals surface area (Å²) < 4.78 is 6.28. The molecule has 0 amide bonds. The van der Waals surface area contributed by atoms with Gasteiger partial charge in [-0.25, -0.2) is 0 Å². The first-order valence-electron chi connectivity index (χ1n) is 8.92. The fourth-order valence-electron chi connectivity index (χ4n) is 3.88. The minimum absolute atomic E-state index is 0.0525. The highest BCUT2D eigenvalue weighted by Gasteiger charge is 2.36.